The first-order valence-electron chi connectivity index (χ1n) is 15.1. The van der Waals surface area contributed by atoms with E-state index in [1.54, 1.807) is 48.5 Å². The fraction of sp³-hybridized carbons (Fsp3) is 0.278. The molecule has 0 aliphatic carbocycles. The molecule has 10 heteroatoms. The molecule has 0 saturated heterocycles. The SMILES string of the molecule is Cc1cc(C)cc(N(CC(=O)N(Cc2ccc(Cl)cc2Cl)[C@@H](Cc2ccccc2)C(=O)NCC(C)C)S(=O)(=O)c2ccccc2)c1. The van der Waals surface area contributed by atoms with Crippen molar-refractivity contribution in [1.82, 2.24) is 10.2 Å². The lowest BCUT2D eigenvalue weighted by Gasteiger charge is -2.34. The number of hydrogen-bond donors (Lipinski definition) is 1. The van der Waals surface area contributed by atoms with Gasteiger partial charge in [0, 0.05) is 29.6 Å². The number of anilines is 1. The molecular weight excluding hydrogens is 641 g/mol. The Hall–Kier alpha value is -3.85. The van der Waals surface area contributed by atoms with Gasteiger partial charge in [0.05, 0.1) is 10.6 Å². The molecule has 46 heavy (non-hydrogen) atoms. The van der Waals surface area contributed by atoms with Crippen LogP contribution < -0.4 is 9.62 Å². The first kappa shape index (κ1) is 35.0. The lowest BCUT2D eigenvalue weighted by Crippen LogP contribution is -2.53. The van der Waals surface area contributed by atoms with Gasteiger partial charge in [0.15, 0.2) is 0 Å². The molecule has 0 aromatic heterocycles. The zero-order chi connectivity index (χ0) is 33.4. The predicted octanol–water partition coefficient (Wildman–Crippen LogP) is 7.22. The summed E-state index contributed by atoms with van der Waals surface area (Å²) in [5, 5.41) is 3.74. The van der Waals surface area contributed by atoms with Gasteiger partial charge in [-0.15, -0.1) is 0 Å². The van der Waals surface area contributed by atoms with E-state index in [0.29, 0.717) is 27.8 Å². The number of hydrogen-bond acceptors (Lipinski definition) is 4. The summed E-state index contributed by atoms with van der Waals surface area (Å²) in [6, 6.07) is 26.8. The summed E-state index contributed by atoms with van der Waals surface area (Å²) in [5.41, 5.74) is 3.45. The van der Waals surface area contributed by atoms with Crippen molar-refractivity contribution in [2.24, 2.45) is 5.92 Å². The van der Waals surface area contributed by atoms with E-state index in [1.165, 1.54) is 17.0 Å². The average molecular weight is 681 g/mol. The van der Waals surface area contributed by atoms with Gasteiger partial charge in [-0.05, 0) is 78.4 Å². The van der Waals surface area contributed by atoms with Crippen molar-refractivity contribution in [2.45, 2.75) is 51.6 Å². The molecule has 0 spiro atoms. The van der Waals surface area contributed by atoms with Crippen LogP contribution in [0.3, 0.4) is 0 Å². The van der Waals surface area contributed by atoms with Crippen LogP contribution in [0.5, 0.6) is 0 Å². The standard InChI is InChI=1S/C36H39Cl2N3O4S/c1-25(2)22-39-36(43)34(20-28-11-7-5-8-12-28)40(23-29-15-16-30(37)21-33(29)38)35(42)24-41(31-18-26(3)17-27(4)19-31)46(44,45)32-13-9-6-10-14-32/h5-19,21,25,34H,20,22-24H2,1-4H3,(H,39,43)/t34-/m0/s1. The Morgan fingerprint density at radius 3 is 2.02 bits per heavy atom. The molecule has 0 aliphatic rings. The minimum Gasteiger partial charge on any atom is -0.354 e. The number of halogens is 2. The Morgan fingerprint density at radius 2 is 1.43 bits per heavy atom. The van der Waals surface area contributed by atoms with E-state index < -0.39 is 28.5 Å². The van der Waals surface area contributed by atoms with E-state index >= 15 is 0 Å². The highest BCUT2D eigenvalue weighted by Gasteiger charge is 2.35. The summed E-state index contributed by atoms with van der Waals surface area (Å²) in [5.74, 6) is -0.739. The van der Waals surface area contributed by atoms with Crippen molar-refractivity contribution in [1.29, 1.82) is 0 Å². The Bertz CT molecular complexity index is 1750. The molecule has 4 aromatic rings. The van der Waals surface area contributed by atoms with Crippen LogP contribution in [0.2, 0.25) is 10.0 Å². The number of sulfonamides is 1. The fourth-order valence-electron chi connectivity index (χ4n) is 5.15. The quantitative estimate of drug-likeness (QED) is 0.162. The zero-order valence-electron chi connectivity index (χ0n) is 26.4. The Balaban J connectivity index is 1.83. The Labute approximate surface area is 282 Å². The van der Waals surface area contributed by atoms with Crippen molar-refractivity contribution in [3.05, 3.63) is 129 Å². The first-order chi connectivity index (χ1) is 21.8. The molecule has 7 nitrogen and oxygen atoms in total. The molecule has 4 aromatic carbocycles. The average Bonchev–Trinajstić information content (AvgIpc) is 3.01. The van der Waals surface area contributed by atoms with Crippen LogP contribution in [0.25, 0.3) is 0 Å². The second-order valence-electron chi connectivity index (χ2n) is 11.8. The van der Waals surface area contributed by atoms with Crippen molar-refractivity contribution in [3.63, 3.8) is 0 Å². The monoisotopic (exact) mass is 679 g/mol. The van der Waals surface area contributed by atoms with E-state index in [-0.39, 0.29) is 29.7 Å². The molecule has 0 unspecified atom stereocenters. The molecule has 0 radical (unpaired) electrons. The third-order valence-electron chi connectivity index (χ3n) is 7.42. The number of nitrogens with one attached hydrogen (secondary N) is 1. The van der Waals surface area contributed by atoms with Crippen molar-refractivity contribution >= 4 is 50.7 Å². The minimum absolute atomic E-state index is 0.0461. The summed E-state index contributed by atoms with van der Waals surface area (Å²) >= 11 is 12.8. The van der Waals surface area contributed by atoms with Crippen molar-refractivity contribution < 1.29 is 18.0 Å². The fourth-order valence-corrected chi connectivity index (χ4v) is 7.04. The smallest absolute Gasteiger partial charge is 0.264 e. The van der Waals surface area contributed by atoms with Crippen LogP contribution in [0.4, 0.5) is 5.69 Å². The second kappa shape index (κ2) is 15.6. The summed E-state index contributed by atoms with van der Waals surface area (Å²) < 4.78 is 29.5. The van der Waals surface area contributed by atoms with Gasteiger partial charge in [-0.25, -0.2) is 8.42 Å². The summed E-state index contributed by atoms with van der Waals surface area (Å²) in [4.78, 5) is 30.0. The van der Waals surface area contributed by atoms with Crippen LogP contribution in [0.15, 0.2) is 102 Å². The lowest BCUT2D eigenvalue weighted by atomic mass is 10.0. The maximum atomic E-state index is 14.6. The Kier molecular flexibility index (Phi) is 11.9. The second-order valence-corrected chi connectivity index (χ2v) is 14.5. The molecule has 0 aliphatic heterocycles. The van der Waals surface area contributed by atoms with Gasteiger partial charge in [0.1, 0.15) is 12.6 Å². The maximum absolute atomic E-state index is 14.6. The molecule has 2 amide bonds. The molecule has 0 bridgehead atoms. The highest BCUT2D eigenvalue weighted by atomic mass is 35.5. The number of benzene rings is 4. The van der Waals surface area contributed by atoms with Crippen LogP contribution in [-0.4, -0.2) is 44.3 Å². The van der Waals surface area contributed by atoms with Gasteiger partial charge in [-0.1, -0.05) is 97.7 Å². The van der Waals surface area contributed by atoms with Crippen LogP contribution in [0, 0.1) is 19.8 Å². The maximum Gasteiger partial charge on any atom is 0.264 e. The number of carbonyl (C=O) groups excluding carboxylic acids is 2. The molecule has 4 rings (SSSR count). The van der Waals surface area contributed by atoms with Crippen molar-refractivity contribution in [2.75, 3.05) is 17.4 Å². The minimum atomic E-state index is -4.19. The topological polar surface area (TPSA) is 86.8 Å². The van der Waals surface area contributed by atoms with Crippen LogP contribution >= 0.6 is 23.2 Å². The summed E-state index contributed by atoms with van der Waals surface area (Å²) in [6.45, 7) is 7.52. The van der Waals surface area contributed by atoms with Gasteiger partial charge in [0.25, 0.3) is 10.0 Å². The largest absolute Gasteiger partial charge is 0.354 e. The number of aryl methyl sites for hydroxylation is 2. The van der Waals surface area contributed by atoms with Gasteiger partial charge >= 0.3 is 0 Å². The lowest BCUT2D eigenvalue weighted by molar-refractivity contribution is -0.140. The van der Waals surface area contributed by atoms with E-state index in [0.717, 1.165) is 21.0 Å². The van der Waals surface area contributed by atoms with Gasteiger partial charge in [0.2, 0.25) is 11.8 Å². The molecule has 0 fully saturated rings. The molecular formula is C36H39Cl2N3O4S. The highest BCUT2D eigenvalue weighted by molar-refractivity contribution is 7.92. The molecule has 242 valence electrons. The molecule has 1 atom stereocenters. The van der Waals surface area contributed by atoms with E-state index in [9.17, 15) is 18.0 Å². The predicted molar refractivity (Wildman–Crippen MR) is 186 cm³/mol. The highest BCUT2D eigenvalue weighted by Crippen LogP contribution is 2.28. The van der Waals surface area contributed by atoms with Crippen molar-refractivity contribution in [3.8, 4) is 0 Å². The third kappa shape index (κ3) is 9.12. The van der Waals surface area contributed by atoms with Gasteiger partial charge < -0.3 is 10.2 Å². The Morgan fingerprint density at radius 1 is 0.826 bits per heavy atom. The number of amides is 2. The number of carbonyl (C=O) groups is 2. The van der Waals surface area contributed by atoms with Crippen LogP contribution in [-0.2, 0) is 32.6 Å². The van der Waals surface area contributed by atoms with Crippen LogP contribution in [0.1, 0.15) is 36.1 Å². The van der Waals surface area contributed by atoms with Gasteiger partial charge in [-0.3, -0.25) is 13.9 Å². The third-order valence-corrected chi connectivity index (χ3v) is 9.79. The number of nitrogens with zero attached hydrogens (tertiary/aromatic N) is 2. The molecule has 0 heterocycles. The van der Waals surface area contributed by atoms with E-state index in [1.807, 2.05) is 64.1 Å². The molecule has 0 saturated carbocycles. The normalized spacial score (nSPS) is 12.1. The summed E-state index contributed by atoms with van der Waals surface area (Å²) in [6.07, 6.45) is 0.205. The first-order valence-corrected chi connectivity index (χ1v) is 17.3. The van der Waals surface area contributed by atoms with E-state index in [4.69, 9.17) is 23.2 Å². The molecule has 1 N–H and O–H groups in total. The van der Waals surface area contributed by atoms with E-state index in [2.05, 4.69) is 5.32 Å². The summed E-state index contributed by atoms with van der Waals surface area (Å²) in [7, 11) is -4.19. The van der Waals surface area contributed by atoms with Gasteiger partial charge in [-0.2, -0.15) is 0 Å². The zero-order valence-corrected chi connectivity index (χ0v) is 28.7. The number of rotatable bonds is 13.